The van der Waals surface area contributed by atoms with Gasteiger partial charge in [-0.15, -0.1) is 0 Å². The van der Waals surface area contributed by atoms with Gasteiger partial charge in [-0.1, -0.05) is 10.4 Å². The first-order valence-electron chi connectivity index (χ1n) is 11.4. The van der Waals surface area contributed by atoms with Crippen molar-refractivity contribution in [1.29, 1.82) is 0 Å². The van der Waals surface area contributed by atoms with Gasteiger partial charge in [0.2, 0.25) is 5.88 Å². The highest BCUT2D eigenvalue weighted by Crippen LogP contribution is 2.49. The predicted octanol–water partition coefficient (Wildman–Crippen LogP) is 2.62. The molecule has 0 unspecified atom stereocenters. The average molecular weight is 443 g/mol. The Morgan fingerprint density at radius 2 is 2.12 bits per heavy atom. The zero-order valence-electron chi connectivity index (χ0n) is 18.4. The Morgan fingerprint density at radius 3 is 2.88 bits per heavy atom. The minimum atomic E-state index is 0.564. The summed E-state index contributed by atoms with van der Waals surface area (Å²) in [6.07, 6.45) is 7.22. The van der Waals surface area contributed by atoms with E-state index in [-0.39, 0.29) is 0 Å². The summed E-state index contributed by atoms with van der Waals surface area (Å²) in [4.78, 5) is 11.1. The number of hydrogen-bond donors (Lipinski definition) is 1. The normalized spacial score (nSPS) is 22.9. The van der Waals surface area contributed by atoms with Gasteiger partial charge >= 0.3 is 6.01 Å². The maximum Gasteiger partial charge on any atom is 0.324 e. The van der Waals surface area contributed by atoms with E-state index >= 15 is 0 Å². The highest BCUT2D eigenvalue weighted by atomic mass is 16.5. The molecule has 1 saturated heterocycles. The van der Waals surface area contributed by atoms with Crippen molar-refractivity contribution >= 4 is 11.7 Å². The second-order valence-electron chi connectivity index (χ2n) is 8.62. The number of pyridine rings is 1. The second kappa shape index (κ2) is 9.68. The van der Waals surface area contributed by atoms with Crippen LogP contribution in [0.2, 0.25) is 0 Å². The fourth-order valence-corrected chi connectivity index (χ4v) is 4.65. The second-order valence-corrected chi connectivity index (χ2v) is 8.62. The van der Waals surface area contributed by atoms with E-state index in [1.807, 2.05) is 12.1 Å². The molecule has 0 aromatic carbocycles. The van der Waals surface area contributed by atoms with Gasteiger partial charge in [-0.3, -0.25) is 5.43 Å². The Kier molecular flexibility index (Phi) is 6.33. The van der Waals surface area contributed by atoms with E-state index in [0.29, 0.717) is 44.0 Å². The van der Waals surface area contributed by atoms with Gasteiger partial charge < -0.3 is 18.9 Å². The van der Waals surface area contributed by atoms with Crippen LogP contribution in [-0.4, -0.2) is 55.2 Å². The lowest BCUT2D eigenvalue weighted by Gasteiger charge is -2.30. The zero-order chi connectivity index (χ0) is 21.8. The Morgan fingerprint density at radius 1 is 1.22 bits per heavy atom. The van der Waals surface area contributed by atoms with Crippen LogP contribution < -0.4 is 20.1 Å². The molecule has 2 fully saturated rings. The molecule has 4 heterocycles. The van der Waals surface area contributed by atoms with Gasteiger partial charge in [0, 0.05) is 32.7 Å². The first-order valence-corrected chi connectivity index (χ1v) is 11.4. The van der Waals surface area contributed by atoms with E-state index in [9.17, 15) is 0 Å². The van der Waals surface area contributed by atoms with Crippen LogP contribution in [0.1, 0.15) is 31.5 Å². The van der Waals surface area contributed by atoms with Crippen molar-refractivity contribution < 1.29 is 14.0 Å². The van der Waals surface area contributed by atoms with E-state index in [1.165, 1.54) is 19.3 Å². The molecule has 0 bridgehead atoms. The maximum atomic E-state index is 5.87. The Balaban J connectivity index is 1.00. The van der Waals surface area contributed by atoms with Crippen molar-refractivity contribution in [2.45, 2.75) is 32.1 Å². The number of hydrogen-bond acceptors (Lipinski definition) is 11. The molecule has 2 aromatic rings. The lowest BCUT2D eigenvalue weighted by molar-refractivity contribution is 0.199. The van der Waals surface area contributed by atoms with Crippen molar-refractivity contribution in [2.24, 2.45) is 28.2 Å². The molecule has 5 rings (SSSR count). The topological polar surface area (TPSA) is 114 Å². The maximum absolute atomic E-state index is 5.87. The quantitative estimate of drug-likeness (QED) is 0.593. The monoisotopic (exact) mass is 442 g/mol. The van der Waals surface area contributed by atoms with Gasteiger partial charge in [0.15, 0.2) is 5.82 Å². The molecule has 1 aliphatic carbocycles. The van der Waals surface area contributed by atoms with Crippen LogP contribution in [0.25, 0.3) is 0 Å². The van der Waals surface area contributed by atoms with Crippen LogP contribution in [0.15, 0.2) is 33.3 Å². The fourth-order valence-electron chi connectivity index (χ4n) is 4.65. The molecule has 1 N–H and O–H groups in total. The molecule has 2 aliphatic heterocycles. The number of rotatable bonds is 10. The minimum Gasteiger partial charge on any atom is -0.478 e. The van der Waals surface area contributed by atoms with Crippen LogP contribution >= 0.6 is 0 Å². The Hall–Kier alpha value is -2.95. The number of piperidine rings is 1. The predicted molar refractivity (Wildman–Crippen MR) is 116 cm³/mol. The molecule has 32 heavy (non-hydrogen) atoms. The molecule has 2 atom stereocenters. The molecule has 172 valence electrons. The summed E-state index contributed by atoms with van der Waals surface area (Å²) in [5, 5.41) is 13.5. The first-order chi connectivity index (χ1) is 15.8. The summed E-state index contributed by atoms with van der Waals surface area (Å²) < 4.78 is 16.4. The lowest BCUT2D eigenvalue weighted by atomic mass is 9.91. The zero-order valence-corrected chi connectivity index (χ0v) is 18.4. The van der Waals surface area contributed by atoms with Gasteiger partial charge in [-0.2, -0.15) is 4.98 Å². The summed E-state index contributed by atoms with van der Waals surface area (Å²) in [6.45, 7) is 3.85. The number of methoxy groups -OCH3 is 1. The van der Waals surface area contributed by atoms with Crippen LogP contribution in [0, 0.1) is 17.8 Å². The third-order valence-corrected chi connectivity index (χ3v) is 6.58. The van der Waals surface area contributed by atoms with Crippen LogP contribution in [-0.2, 0) is 11.2 Å². The Bertz CT molecular complexity index is 897. The third-order valence-electron chi connectivity index (χ3n) is 6.58. The average Bonchev–Trinajstić information content (AvgIpc) is 3.20. The first kappa shape index (κ1) is 20.9. The third kappa shape index (κ3) is 4.93. The Labute approximate surface area is 187 Å². The standard InChI is InChI=1S/C21H30N8O3/c1-30-10-7-19-24-21(32-25-19)28-8-4-15(5-9-28)18-12-16(18)6-11-31-20-3-2-17(13-22-20)29-14-23-26-27-29/h2-3,13,15-16,18H,4-12,14H2,1H3,(H,23,27)/t16-,18-/m1/s1. The molecule has 11 nitrogen and oxygen atoms in total. The largest absolute Gasteiger partial charge is 0.478 e. The molecule has 1 saturated carbocycles. The van der Waals surface area contributed by atoms with Gasteiger partial charge in [-0.25, -0.2) is 9.99 Å². The van der Waals surface area contributed by atoms with Gasteiger partial charge in [0.1, 0.15) is 6.67 Å². The van der Waals surface area contributed by atoms with E-state index in [2.05, 4.69) is 35.9 Å². The van der Waals surface area contributed by atoms with E-state index in [1.54, 1.807) is 18.3 Å². The summed E-state index contributed by atoms with van der Waals surface area (Å²) in [7, 11) is 1.68. The summed E-state index contributed by atoms with van der Waals surface area (Å²) in [5.41, 5.74) is 3.69. The van der Waals surface area contributed by atoms with Gasteiger partial charge in [0.25, 0.3) is 0 Å². The molecule has 2 aromatic heterocycles. The fraction of sp³-hybridized carbons (Fsp3) is 0.667. The van der Waals surface area contributed by atoms with Gasteiger partial charge in [0.05, 0.1) is 25.1 Å². The number of anilines is 2. The van der Waals surface area contributed by atoms with Crippen LogP contribution in [0.4, 0.5) is 11.7 Å². The molecule has 0 amide bonds. The molecule has 3 aliphatic rings. The van der Waals surface area contributed by atoms with Crippen molar-refractivity contribution in [3.63, 3.8) is 0 Å². The molecular formula is C21H30N8O3. The summed E-state index contributed by atoms with van der Waals surface area (Å²) >= 11 is 0. The number of nitrogens with zero attached hydrogens (tertiary/aromatic N) is 7. The van der Waals surface area contributed by atoms with Crippen molar-refractivity contribution in [3.8, 4) is 5.88 Å². The number of ether oxygens (including phenoxy) is 2. The minimum absolute atomic E-state index is 0.564. The highest BCUT2D eigenvalue weighted by Gasteiger charge is 2.43. The summed E-state index contributed by atoms with van der Waals surface area (Å²) in [5.74, 6) is 3.75. The van der Waals surface area contributed by atoms with Crippen molar-refractivity contribution in [3.05, 3.63) is 24.2 Å². The highest BCUT2D eigenvalue weighted by molar-refractivity contribution is 5.44. The lowest BCUT2D eigenvalue weighted by Crippen LogP contribution is -2.34. The molecule has 0 spiro atoms. The molecule has 0 radical (unpaired) electrons. The van der Waals surface area contributed by atoms with Crippen LogP contribution in [0.5, 0.6) is 5.88 Å². The van der Waals surface area contributed by atoms with E-state index in [4.69, 9.17) is 14.0 Å². The smallest absolute Gasteiger partial charge is 0.324 e. The van der Waals surface area contributed by atoms with E-state index in [0.717, 1.165) is 43.0 Å². The van der Waals surface area contributed by atoms with Crippen molar-refractivity contribution in [2.75, 3.05) is 50.0 Å². The molecular weight excluding hydrogens is 412 g/mol. The number of nitrogens with one attached hydrogen (secondary N) is 1. The molecule has 11 heteroatoms. The van der Waals surface area contributed by atoms with Gasteiger partial charge in [-0.05, 0) is 54.7 Å². The van der Waals surface area contributed by atoms with Crippen LogP contribution in [0.3, 0.4) is 0 Å². The van der Waals surface area contributed by atoms with E-state index < -0.39 is 0 Å². The van der Waals surface area contributed by atoms with Crippen molar-refractivity contribution in [1.82, 2.24) is 20.6 Å². The number of aromatic nitrogens is 3. The summed E-state index contributed by atoms with van der Waals surface area (Å²) in [6, 6.07) is 4.49. The SMILES string of the molecule is COCCc1noc(N2CCC([C@H]3C[C@H]3CCOc3ccc(N4CNN=N4)cn3)CC2)n1.